The Bertz CT molecular complexity index is 2580. The Morgan fingerprint density at radius 3 is 2.11 bits per heavy atom. The van der Waals surface area contributed by atoms with Crippen LogP contribution in [0.5, 0.6) is 0 Å². The van der Waals surface area contributed by atoms with Crippen molar-refractivity contribution in [1.29, 1.82) is 5.26 Å². The molecule has 1 amide bonds. The molecule has 0 atom stereocenters. The molecule has 0 spiro atoms. The van der Waals surface area contributed by atoms with Crippen molar-refractivity contribution in [3.63, 3.8) is 0 Å². The number of benzene rings is 3. The number of aromatic nitrogens is 3. The van der Waals surface area contributed by atoms with E-state index in [4.69, 9.17) is 19.6 Å². The molecule has 4 N–H and O–H groups in total. The summed E-state index contributed by atoms with van der Waals surface area (Å²) in [5.41, 5.74) is 3.28. The van der Waals surface area contributed by atoms with Gasteiger partial charge in [-0.05, 0) is 86.0 Å². The van der Waals surface area contributed by atoms with Gasteiger partial charge in [-0.2, -0.15) is 35.6 Å². The number of anilines is 2. The molecule has 1 aliphatic rings. The van der Waals surface area contributed by atoms with Crippen LogP contribution in [0.4, 0.5) is 17.1 Å². The van der Waals surface area contributed by atoms with Crippen molar-refractivity contribution >= 4 is 64.7 Å². The molecule has 2 heterocycles. The van der Waals surface area contributed by atoms with Crippen LogP contribution < -0.4 is 10.2 Å². The van der Waals surface area contributed by atoms with Crippen molar-refractivity contribution < 1.29 is 43.7 Å². The second-order valence-electron chi connectivity index (χ2n) is 13.8. The molecule has 0 bridgehead atoms. The molecule has 0 unspecified atom stereocenters. The summed E-state index contributed by atoms with van der Waals surface area (Å²) in [4.78, 5) is 24.2. The summed E-state index contributed by atoms with van der Waals surface area (Å²) in [5, 5.41) is 21.0. The average molecular weight is 827 g/mol. The lowest BCUT2D eigenvalue weighted by molar-refractivity contribution is 0.102. The van der Waals surface area contributed by atoms with Crippen LogP contribution in [0.1, 0.15) is 61.8 Å². The maximum atomic E-state index is 13.0. The van der Waals surface area contributed by atoms with E-state index in [-0.39, 0.29) is 30.1 Å². The van der Waals surface area contributed by atoms with E-state index in [1.807, 2.05) is 50.8 Å². The molecule has 21 heteroatoms. The SMILES string of the molecule is Cc1cc(N(CCC#N)CCCCS(=O)(=O)O)ccc1/N=C1/C(C(C)(C)C)=Nn2nc(-c3ccc(NC(=O)c4cc(S(=O)(=O)O)cc(S(=O)(=O)O)c4)cc3)nc21. The van der Waals surface area contributed by atoms with Gasteiger partial charge in [0.2, 0.25) is 5.82 Å². The van der Waals surface area contributed by atoms with Crippen LogP contribution in [0.25, 0.3) is 11.4 Å². The molecule has 56 heavy (non-hydrogen) atoms. The van der Waals surface area contributed by atoms with Gasteiger partial charge in [0.15, 0.2) is 5.82 Å². The van der Waals surface area contributed by atoms with Gasteiger partial charge in [0, 0.05) is 41.0 Å². The third-order valence-corrected chi connectivity index (χ3v) is 10.9. The summed E-state index contributed by atoms with van der Waals surface area (Å²) in [6.45, 7) is 8.74. The molecule has 4 aromatic rings. The minimum atomic E-state index is -4.92. The van der Waals surface area contributed by atoms with Crippen molar-refractivity contribution in [2.24, 2.45) is 15.5 Å². The number of fused-ring (bicyclic) bond motifs is 1. The van der Waals surface area contributed by atoms with E-state index in [1.54, 1.807) is 12.1 Å². The van der Waals surface area contributed by atoms with Crippen LogP contribution in [0.2, 0.25) is 0 Å². The Morgan fingerprint density at radius 2 is 1.55 bits per heavy atom. The molecule has 296 valence electrons. The Kier molecular flexibility index (Phi) is 11.9. The molecule has 3 aromatic carbocycles. The van der Waals surface area contributed by atoms with E-state index in [2.05, 4.69) is 16.5 Å². The monoisotopic (exact) mass is 826 g/mol. The van der Waals surface area contributed by atoms with Crippen molar-refractivity contribution in [1.82, 2.24) is 14.9 Å². The number of hydrogen-bond acceptors (Lipinski definition) is 13. The van der Waals surface area contributed by atoms with Crippen LogP contribution in [0.3, 0.4) is 0 Å². The highest BCUT2D eigenvalue weighted by Crippen LogP contribution is 2.31. The summed E-state index contributed by atoms with van der Waals surface area (Å²) in [6, 6.07) is 16.0. The Morgan fingerprint density at radius 1 is 0.911 bits per heavy atom. The molecule has 5 rings (SSSR count). The number of carbonyl (C=O) groups excluding carboxylic acids is 1. The molecule has 18 nitrogen and oxygen atoms in total. The largest absolute Gasteiger partial charge is 0.370 e. The molecule has 0 saturated heterocycles. The lowest BCUT2D eigenvalue weighted by atomic mass is 9.87. The Balaban J connectivity index is 1.39. The standard InChI is InChI=1S/C35H38N8O10S3/c1-22-18-26(42(16-7-14-36)15-5-6-17-54(45,46)47)12-13-29(22)38-30-31(35(2,3)4)40-43-33(30)39-32(41-43)23-8-10-25(11-9-23)37-34(44)24-19-27(55(48,49)50)21-28(20-24)56(51,52)53/h8-13,18-21H,5-7,15-17H2,1-4H3,(H,37,44)(H,45,46,47)(H,48,49,50)(H,51,52,53)/b38-30-. The Hall–Kier alpha value is -5.37. The van der Waals surface area contributed by atoms with E-state index in [0.29, 0.717) is 54.1 Å². The molecule has 1 aromatic heterocycles. The van der Waals surface area contributed by atoms with Gasteiger partial charge in [-0.1, -0.05) is 20.8 Å². The lowest BCUT2D eigenvalue weighted by Crippen LogP contribution is -2.27. The van der Waals surface area contributed by atoms with E-state index in [9.17, 15) is 44.4 Å². The zero-order valence-electron chi connectivity index (χ0n) is 30.6. The summed E-state index contributed by atoms with van der Waals surface area (Å²) in [6.07, 6.45) is 1.02. The van der Waals surface area contributed by atoms with Gasteiger partial charge >= 0.3 is 0 Å². The normalized spacial score (nSPS) is 14.0. The van der Waals surface area contributed by atoms with Crippen molar-refractivity contribution in [3.8, 4) is 17.5 Å². The van der Waals surface area contributed by atoms with E-state index in [0.717, 1.165) is 23.4 Å². The van der Waals surface area contributed by atoms with Crippen LogP contribution >= 0.6 is 0 Å². The number of nitrogens with one attached hydrogen (secondary N) is 1. The molecular weight excluding hydrogens is 789 g/mol. The third-order valence-electron chi connectivity index (χ3n) is 8.42. The number of aliphatic imine (C=N–C) groups is 1. The van der Waals surface area contributed by atoms with E-state index in [1.165, 1.54) is 16.9 Å². The first kappa shape index (κ1) is 41.8. The van der Waals surface area contributed by atoms with Gasteiger partial charge in [-0.3, -0.25) is 18.5 Å². The summed E-state index contributed by atoms with van der Waals surface area (Å²) in [7, 11) is -13.9. The first-order chi connectivity index (χ1) is 26.0. The van der Waals surface area contributed by atoms with Crippen LogP contribution in [-0.2, 0) is 30.4 Å². The highest BCUT2D eigenvalue weighted by atomic mass is 32.2. The maximum Gasteiger partial charge on any atom is 0.294 e. The number of rotatable bonds is 14. The molecule has 0 saturated carbocycles. The van der Waals surface area contributed by atoms with Crippen LogP contribution in [0, 0.1) is 23.7 Å². The predicted molar refractivity (Wildman–Crippen MR) is 207 cm³/mol. The number of carbonyl (C=O) groups is 1. The van der Waals surface area contributed by atoms with Crippen LogP contribution in [0.15, 0.2) is 80.5 Å². The van der Waals surface area contributed by atoms with Gasteiger partial charge in [-0.25, -0.2) is 9.98 Å². The molecule has 0 radical (unpaired) electrons. The van der Waals surface area contributed by atoms with Gasteiger partial charge in [0.1, 0.15) is 5.71 Å². The number of hydrogen-bond donors (Lipinski definition) is 4. The highest BCUT2D eigenvalue weighted by Gasteiger charge is 2.35. The maximum absolute atomic E-state index is 13.0. The highest BCUT2D eigenvalue weighted by molar-refractivity contribution is 7.86. The second kappa shape index (κ2) is 16.0. The first-order valence-electron chi connectivity index (χ1n) is 16.9. The quantitative estimate of drug-likeness (QED) is 0.0985. The van der Waals surface area contributed by atoms with Gasteiger partial charge in [0.25, 0.3) is 36.3 Å². The first-order valence-corrected chi connectivity index (χ1v) is 21.4. The topological polar surface area (TPSA) is 275 Å². The van der Waals surface area contributed by atoms with Crippen LogP contribution in [-0.4, -0.2) is 90.0 Å². The molecule has 1 aliphatic heterocycles. The lowest BCUT2D eigenvalue weighted by Gasteiger charge is -2.24. The van der Waals surface area contributed by atoms with E-state index < -0.39 is 57.0 Å². The van der Waals surface area contributed by atoms with Gasteiger partial charge < -0.3 is 10.2 Å². The summed E-state index contributed by atoms with van der Waals surface area (Å²) < 4.78 is 96.9. The number of nitrogens with zero attached hydrogens (tertiary/aromatic N) is 7. The fourth-order valence-corrected chi connectivity index (χ4v) is 7.38. The molecule has 0 fully saturated rings. The van der Waals surface area contributed by atoms with Gasteiger partial charge in [0.05, 0.1) is 39.4 Å². The van der Waals surface area contributed by atoms with Crippen molar-refractivity contribution in [2.45, 2.75) is 56.7 Å². The summed E-state index contributed by atoms with van der Waals surface area (Å²) >= 11 is 0. The third kappa shape index (κ3) is 10.3. The van der Waals surface area contributed by atoms with E-state index >= 15 is 0 Å². The summed E-state index contributed by atoms with van der Waals surface area (Å²) in [5.74, 6) is -0.596. The van der Waals surface area contributed by atoms with Crippen molar-refractivity contribution in [3.05, 3.63) is 77.6 Å². The minimum Gasteiger partial charge on any atom is -0.370 e. The minimum absolute atomic E-state index is 0.231. The van der Waals surface area contributed by atoms with Gasteiger partial charge in [-0.15, -0.1) is 9.89 Å². The number of nitriles is 1. The Labute approximate surface area is 323 Å². The average Bonchev–Trinajstić information content (AvgIpc) is 3.67. The zero-order valence-corrected chi connectivity index (χ0v) is 33.0. The predicted octanol–water partition coefficient (Wildman–Crippen LogP) is 4.77. The zero-order chi connectivity index (χ0) is 41.2. The fraction of sp³-hybridized carbons (Fsp3) is 0.314. The fourth-order valence-electron chi connectivity index (χ4n) is 5.63. The molecular formula is C35H38N8O10S3. The number of unbranched alkanes of at least 4 members (excludes halogenated alkanes) is 1. The number of amides is 1. The van der Waals surface area contributed by atoms with Crippen molar-refractivity contribution in [2.75, 3.05) is 29.1 Å². The second-order valence-corrected chi connectivity index (χ2v) is 18.3. The number of aryl methyl sites for hydroxylation is 1. The molecule has 0 aliphatic carbocycles. The smallest absolute Gasteiger partial charge is 0.294 e.